The molecule has 0 aliphatic carbocycles. The van der Waals surface area contributed by atoms with Gasteiger partial charge in [-0.2, -0.15) is 5.10 Å². The van der Waals surface area contributed by atoms with Gasteiger partial charge in [0.2, 0.25) is 5.88 Å². The van der Waals surface area contributed by atoms with Crippen LogP contribution in [0, 0.1) is 4.77 Å². The molecule has 0 radical (unpaired) electrons. The Morgan fingerprint density at radius 3 is 2.65 bits per heavy atom. The van der Waals surface area contributed by atoms with E-state index in [0.29, 0.717) is 23.6 Å². The predicted molar refractivity (Wildman–Crippen MR) is 99.7 cm³/mol. The van der Waals surface area contributed by atoms with Crippen LogP contribution in [0.25, 0.3) is 0 Å². The maximum absolute atomic E-state index is 12.6. The Hall–Kier alpha value is -2.81. The Balaban J connectivity index is 2.01. The second-order valence-corrected chi connectivity index (χ2v) is 6.32. The summed E-state index contributed by atoms with van der Waals surface area (Å²) in [5, 5.41) is 14.7. The fraction of sp³-hybridized carbons (Fsp3) is 0.353. The molecule has 0 spiro atoms. The van der Waals surface area contributed by atoms with Crippen molar-refractivity contribution in [2.24, 2.45) is 19.2 Å². The van der Waals surface area contributed by atoms with E-state index in [0.717, 1.165) is 5.56 Å². The minimum atomic E-state index is -0.385. The number of hydrogen-bond acceptors (Lipinski definition) is 7. The molecular weight excluding hydrogens is 356 g/mol. The van der Waals surface area contributed by atoms with Crippen LogP contribution < -0.4 is 20.5 Å². The third-order valence-electron chi connectivity index (χ3n) is 4.49. The smallest absolute Gasteiger partial charge is 0.267 e. The average Bonchev–Trinajstić information content (AvgIpc) is 3.13. The normalized spacial score (nSPS) is 16.2. The van der Waals surface area contributed by atoms with Gasteiger partial charge in [0.25, 0.3) is 5.56 Å². The van der Waals surface area contributed by atoms with Crippen molar-refractivity contribution in [1.82, 2.24) is 14.6 Å². The zero-order valence-corrected chi connectivity index (χ0v) is 15.8. The monoisotopic (exact) mass is 376 g/mol. The van der Waals surface area contributed by atoms with Crippen LogP contribution in [0.15, 0.2) is 28.1 Å². The number of ether oxygens (including phenoxy) is 2. The number of benzene rings is 1. The van der Waals surface area contributed by atoms with Gasteiger partial charge in [-0.3, -0.25) is 13.9 Å². The van der Waals surface area contributed by atoms with E-state index >= 15 is 0 Å². The van der Waals surface area contributed by atoms with Crippen LogP contribution >= 0.6 is 12.2 Å². The van der Waals surface area contributed by atoms with E-state index in [9.17, 15) is 9.90 Å². The topological polar surface area (TPSA) is 90.0 Å². The van der Waals surface area contributed by atoms with Crippen LogP contribution in [-0.4, -0.2) is 34.2 Å². The van der Waals surface area contributed by atoms with Gasteiger partial charge in [0, 0.05) is 26.1 Å². The first-order valence-corrected chi connectivity index (χ1v) is 8.33. The fourth-order valence-electron chi connectivity index (χ4n) is 2.98. The largest absolute Gasteiger partial charge is 0.497 e. The molecule has 1 atom stereocenters. The van der Waals surface area contributed by atoms with Gasteiger partial charge in [-0.05, 0) is 30.4 Å². The summed E-state index contributed by atoms with van der Waals surface area (Å²) >= 11 is 5.14. The lowest BCUT2D eigenvalue weighted by atomic mass is 9.99. The van der Waals surface area contributed by atoms with E-state index in [-0.39, 0.29) is 27.8 Å². The van der Waals surface area contributed by atoms with Crippen molar-refractivity contribution in [3.63, 3.8) is 0 Å². The Morgan fingerprint density at radius 2 is 2.00 bits per heavy atom. The second-order valence-electron chi connectivity index (χ2n) is 5.96. The SMILES string of the molecule is COc1ccc(OC)c([C@H]2CC(c3c(O)n(C)c(=S)n(C)c3=O)=NN2)c1. The van der Waals surface area contributed by atoms with Gasteiger partial charge in [-0.15, -0.1) is 0 Å². The summed E-state index contributed by atoms with van der Waals surface area (Å²) in [6.07, 6.45) is 0.406. The highest BCUT2D eigenvalue weighted by Gasteiger charge is 2.29. The molecule has 0 saturated carbocycles. The molecule has 9 heteroatoms. The van der Waals surface area contributed by atoms with Gasteiger partial charge in [-0.1, -0.05) is 0 Å². The molecule has 8 nitrogen and oxygen atoms in total. The highest BCUT2D eigenvalue weighted by molar-refractivity contribution is 7.71. The number of nitrogens with zero attached hydrogens (tertiary/aromatic N) is 3. The fourth-order valence-corrected chi connectivity index (χ4v) is 3.15. The lowest BCUT2D eigenvalue weighted by Gasteiger charge is -2.16. The lowest BCUT2D eigenvalue weighted by molar-refractivity contribution is 0.392. The molecule has 1 aliphatic rings. The first-order valence-electron chi connectivity index (χ1n) is 7.92. The number of aromatic nitrogens is 2. The van der Waals surface area contributed by atoms with E-state index in [1.165, 1.54) is 9.13 Å². The van der Waals surface area contributed by atoms with Crippen LogP contribution in [0.3, 0.4) is 0 Å². The zero-order valence-electron chi connectivity index (χ0n) is 14.9. The zero-order chi connectivity index (χ0) is 19.0. The van der Waals surface area contributed by atoms with Crippen LogP contribution in [0.5, 0.6) is 17.4 Å². The van der Waals surface area contributed by atoms with Crippen LogP contribution in [0.1, 0.15) is 23.6 Å². The summed E-state index contributed by atoms with van der Waals surface area (Å²) in [6.45, 7) is 0. The van der Waals surface area contributed by atoms with Crippen LogP contribution in [-0.2, 0) is 14.1 Å². The number of hydrogen-bond donors (Lipinski definition) is 2. The van der Waals surface area contributed by atoms with Crippen molar-refractivity contribution in [2.45, 2.75) is 12.5 Å². The molecular formula is C17H20N4O4S. The van der Waals surface area contributed by atoms with Crippen molar-refractivity contribution in [1.29, 1.82) is 0 Å². The molecule has 0 bridgehead atoms. The molecule has 0 amide bonds. The van der Waals surface area contributed by atoms with E-state index in [4.69, 9.17) is 21.7 Å². The van der Waals surface area contributed by atoms with Crippen molar-refractivity contribution in [3.05, 3.63) is 44.5 Å². The lowest BCUT2D eigenvalue weighted by Crippen LogP contribution is -2.28. The number of nitrogens with one attached hydrogen (secondary N) is 1. The maximum atomic E-state index is 12.6. The molecule has 0 unspecified atom stereocenters. The van der Waals surface area contributed by atoms with Gasteiger partial charge in [0.15, 0.2) is 4.77 Å². The molecule has 2 N–H and O–H groups in total. The Labute approximate surface area is 155 Å². The summed E-state index contributed by atoms with van der Waals surface area (Å²) < 4.78 is 13.6. The first kappa shape index (κ1) is 18.0. The third-order valence-corrected chi connectivity index (χ3v) is 5.04. The molecule has 1 aromatic carbocycles. The number of methoxy groups -OCH3 is 2. The highest BCUT2D eigenvalue weighted by atomic mass is 32.1. The number of hydrazone groups is 1. The predicted octanol–water partition coefficient (Wildman–Crippen LogP) is 1.61. The number of rotatable bonds is 4. The van der Waals surface area contributed by atoms with Gasteiger partial charge in [-0.25, -0.2) is 0 Å². The Morgan fingerprint density at radius 1 is 1.27 bits per heavy atom. The molecule has 1 aromatic heterocycles. The van der Waals surface area contributed by atoms with Crippen LogP contribution in [0.4, 0.5) is 0 Å². The summed E-state index contributed by atoms with van der Waals surface area (Å²) in [5.41, 5.74) is 4.08. The average molecular weight is 376 g/mol. The van der Waals surface area contributed by atoms with E-state index in [1.807, 2.05) is 18.2 Å². The van der Waals surface area contributed by atoms with Gasteiger partial charge >= 0.3 is 0 Å². The van der Waals surface area contributed by atoms with Crippen molar-refractivity contribution in [2.75, 3.05) is 14.2 Å². The summed E-state index contributed by atoms with van der Waals surface area (Å²) in [5.74, 6) is 1.18. The van der Waals surface area contributed by atoms with Crippen molar-refractivity contribution in [3.8, 4) is 17.4 Å². The Bertz CT molecular complexity index is 1010. The Kier molecular flexibility index (Phi) is 4.73. The molecule has 0 saturated heterocycles. The summed E-state index contributed by atoms with van der Waals surface area (Å²) in [4.78, 5) is 12.6. The van der Waals surface area contributed by atoms with E-state index < -0.39 is 0 Å². The highest BCUT2D eigenvalue weighted by Crippen LogP contribution is 2.34. The molecule has 26 heavy (non-hydrogen) atoms. The van der Waals surface area contributed by atoms with E-state index in [2.05, 4.69) is 10.5 Å². The molecule has 2 heterocycles. The summed E-state index contributed by atoms with van der Waals surface area (Å²) in [6, 6.07) is 5.27. The first-order chi connectivity index (χ1) is 12.4. The van der Waals surface area contributed by atoms with Crippen molar-refractivity contribution >= 4 is 17.9 Å². The minimum absolute atomic E-state index is 0.139. The molecule has 3 rings (SSSR count). The van der Waals surface area contributed by atoms with Crippen LogP contribution in [0.2, 0.25) is 0 Å². The molecule has 138 valence electrons. The van der Waals surface area contributed by atoms with E-state index in [1.54, 1.807) is 28.3 Å². The summed E-state index contributed by atoms with van der Waals surface area (Å²) in [7, 11) is 6.35. The third kappa shape index (κ3) is 2.84. The quantitative estimate of drug-likeness (QED) is 0.788. The number of aromatic hydroxyl groups is 1. The maximum Gasteiger partial charge on any atom is 0.267 e. The van der Waals surface area contributed by atoms with Gasteiger partial charge < -0.3 is 20.0 Å². The molecule has 1 aliphatic heterocycles. The second kappa shape index (κ2) is 6.83. The minimum Gasteiger partial charge on any atom is -0.497 e. The standard InChI is InChI=1S/C17H20N4O4S/c1-20-15(22)14(16(23)21(2)17(20)26)12-8-11(18-19-12)10-7-9(24-3)5-6-13(10)25-4/h5-7,11,18,22H,8H2,1-4H3/t11-/m1/s1. The molecule has 2 aromatic rings. The molecule has 0 fully saturated rings. The van der Waals surface area contributed by atoms with Gasteiger partial charge in [0.05, 0.1) is 26.0 Å². The van der Waals surface area contributed by atoms with Crippen molar-refractivity contribution < 1.29 is 14.6 Å². The van der Waals surface area contributed by atoms with Gasteiger partial charge in [0.1, 0.15) is 17.1 Å².